The van der Waals surface area contributed by atoms with Gasteiger partial charge in [0.2, 0.25) is 5.12 Å². The molecule has 0 aromatic heterocycles. The van der Waals surface area contributed by atoms with Crippen LogP contribution in [0.3, 0.4) is 0 Å². The molecular formula is C15H13Cl2N3. The van der Waals surface area contributed by atoms with Crippen LogP contribution < -0.4 is 5.32 Å². The molecule has 102 valence electrons. The van der Waals surface area contributed by atoms with Gasteiger partial charge in [-0.15, -0.1) is 0 Å². The summed E-state index contributed by atoms with van der Waals surface area (Å²) in [5.74, 6) is 0. The Balaban J connectivity index is 2.08. The second kappa shape index (κ2) is 5.00. The highest BCUT2D eigenvalue weighted by Gasteiger charge is 2.40. The van der Waals surface area contributed by atoms with Crippen LogP contribution in [0.25, 0.3) is 0 Å². The first kappa shape index (κ1) is 13.3. The van der Waals surface area contributed by atoms with Gasteiger partial charge in [-0.1, -0.05) is 48.0 Å². The molecule has 2 aromatic carbocycles. The number of para-hydroxylation sites is 2. The van der Waals surface area contributed by atoms with E-state index in [-0.39, 0.29) is 0 Å². The summed E-state index contributed by atoms with van der Waals surface area (Å²) in [6.07, 6.45) is 1.53. The van der Waals surface area contributed by atoms with Crippen molar-refractivity contribution in [3.8, 4) is 0 Å². The molecular weight excluding hydrogens is 293 g/mol. The Hall–Kier alpha value is -1.71. The normalized spacial score (nSPS) is 20.6. The molecule has 0 aliphatic carbocycles. The lowest BCUT2D eigenvalue weighted by atomic mass is 10.0. The molecule has 0 spiro atoms. The van der Waals surface area contributed by atoms with E-state index in [9.17, 15) is 0 Å². The summed E-state index contributed by atoms with van der Waals surface area (Å²) >= 11 is 13.0. The molecule has 1 unspecified atom stereocenters. The molecule has 1 heterocycles. The fraction of sp³-hybridized carbons (Fsp3) is 0.133. The van der Waals surface area contributed by atoms with Crippen molar-refractivity contribution in [1.29, 1.82) is 0 Å². The molecule has 20 heavy (non-hydrogen) atoms. The number of alkyl halides is 1. The van der Waals surface area contributed by atoms with Crippen LogP contribution in [0.15, 0.2) is 53.5 Å². The lowest BCUT2D eigenvalue weighted by molar-refractivity contribution is 0.470. The van der Waals surface area contributed by atoms with Crippen molar-refractivity contribution in [1.82, 2.24) is 4.42 Å². The number of aryl methyl sites for hydroxylation is 1. The van der Waals surface area contributed by atoms with Gasteiger partial charge in [0.25, 0.3) is 0 Å². The van der Waals surface area contributed by atoms with Gasteiger partial charge in [-0.25, -0.2) is 9.41 Å². The lowest BCUT2D eigenvalue weighted by Gasteiger charge is -2.38. The molecule has 1 N–H and O–H groups in total. The minimum absolute atomic E-state index is 0.834. The van der Waals surface area contributed by atoms with Crippen molar-refractivity contribution in [2.24, 2.45) is 4.99 Å². The van der Waals surface area contributed by atoms with E-state index in [1.54, 1.807) is 0 Å². The van der Waals surface area contributed by atoms with Crippen LogP contribution in [0.2, 0.25) is 0 Å². The molecule has 0 amide bonds. The molecule has 1 aliphatic heterocycles. The van der Waals surface area contributed by atoms with E-state index in [2.05, 4.69) is 10.3 Å². The van der Waals surface area contributed by atoms with Crippen LogP contribution in [0.5, 0.6) is 0 Å². The summed E-state index contributed by atoms with van der Waals surface area (Å²) in [6, 6.07) is 15.6. The third-order valence-corrected chi connectivity index (χ3v) is 4.17. The maximum absolute atomic E-state index is 6.75. The van der Waals surface area contributed by atoms with Gasteiger partial charge in [-0.2, -0.15) is 0 Å². The SMILES string of the molecule is Cc1cccc2c1N=CN(Cl)C2(Cl)Nc1ccccc1. The minimum atomic E-state index is -1.06. The van der Waals surface area contributed by atoms with Gasteiger partial charge in [0.1, 0.15) is 6.34 Å². The zero-order chi connectivity index (χ0) is 14.2. The first-order valence-electron chi connectivity index (χ1n) is 6.23. The van der Waals surface area contributed by atoms with E-state index in [1.807, 2.05) is 55.5 Å². The summed E-state index contributed by atoms with van der Waals surface area (Å²) in [7, 11) is 0. The van der Waals surface area contributed by atoms with Crippen molar-refractivity contribution >= 4 is 41.1 Å². The van der Waals surface area contributed by atoms with Crippen molar-refractivity contribution in [3.63, 3.8) is 0 Å². The molecule has 0 saturated carbocycles. The molecule has 5 heteroatoms. The highest BCUT2D eigenvalue weighted by Crippen LogP contribution is 2.43. The molecule has 1 aliphatic rings. The summed E-state index contributed by atoms with van der Waals surface area (Å²) in [6.45, 7) is 2.00. The molecule has 0 bridgehead atoms. The summed E-state index contributed by atoms with van der Waals surface area (Å²) in [5, 5.41) is 2.20. The number of rotatable bonds is 2. The number of nitrogens with zero attached hydrogens (tertiary/aromatic N) is 2. The molecule has 1 atom stereocenters. The van der Waals surface area contributed by atoms with Crippen molar-refractivity contribution in [2.45, 2.75) is 12.0 Å². The topological polar surface area (TPSA) is 27.6 Å². The van der Waals surface area contributed by atoms with Gasteiger partial charge in [0, 0.05) is 23.0 Å². The number of halogens is 2. The molecule has 0 fully saturated rings. The van der Waals surface area contributed by atoms with Crippen LogP contribution in [0.4, 0.5) is 11.4 Å². The van der Waals surface area contributed by atoms with Gasteiger partial charge < -0.3 is 5.32 Å². The Bertz CT molecular complexity index is 657. The maximum Gasteiger partial charge on any atom is 0.232 e. The first-order chi connectivity index (χ1) is 9.61. The van der Waals surface area contributed by atoms with E-state index >= 15 is 0 Å². The fourth-order valence-corrected chi connectivity index (χ4v) is 2.72. The number of fused-ring (bicyclic) bond motifs is 1. The molecule has 0 radical (unpaired) electrons. The fourth-order valence-electron chi connectivity index (χ4n) is 2.23. The third-order valence-electron chi connectivity index (χ3n) is 3.26. The standard InChI is InChI=1S/C15H13Cl2N3/c1-11-6-5-9-13-14(11)18-10-20(17)15(13,16)19-12-7-3-2-4-8-12/h2-10,19H,1H3. The smallest absolute Gasteiger partial charge is 0.232 e. The van der Waals surface area contributed by atoms with E-state index in [4.69, 9.17) is 23.4 Å². The monoisotopic (exact) mass is 305 g/mol. The second-order valence-electron chi connectivity index (χ2n) is 4.64. The van der Waals surface area contributed by atoms with Crippen LogP contribution in [-0.2, 0) is 5.12 Å². The number of benzene rings is 2. The zero-order valence-electron chi connectivity index (χ0n) is 10.8. The van der Waals surface area contributed by atoms with E-state index in [0.29, 0.717) is 0 Å². The Morgan fingerprint density at radius 1 is 1.10 bits per heavy atom. The van der Waals surface area contributed by atoms with Crippen LogP contribution in [0.1, 0.15) is 11.1 Å². The van der Waals surface area contributed by atoms with Crippen LogP contribution in [-0.4, -0.2) is 10.8 Å². The lowest BCUT2D eigenvalue weighted by Crippen LogP contribution is -2.43. The highest BCUT2D eigenvalue weighted by molar-refractivity contribution is 6.32. The summed E-state index contributed by atoms with van der Waals surface area (Å²) < 4.78 is 1.35. The predicted molar refractivity (Wildman–Crippen MR) is 84.6 cm³/mol. The van der Waals surface area contributed by atoms with E-state index < -0.39 is 5.12 Å². The van der Waals surface area contributed by atoms with Crippen LogP contribution >= 0.6 is 23.4 Å². The Morgan fingerprint density at radius 3 is 2.60 bits per heavy atom. The van der Waals surface area contributed by atoms with Crippen LogP contribution in [0, 0.1) is 6.92 Å². The Morgan fingerprint density at radius 2 is 1.85 bits per heavy atom. The molecule has 2 aromatic rings. The largest absolute Gasteiger partial charge is 0.345 e. The van der Waals surface area contributed by atoms with Gasteiger partial charge in [0.05, 0.1) is 5.69 Å². The second-order valence-corrected chi connectivity index (χ2v) is 5.55. The van der Waals surface area contributed by atoms with Gasteiger partial charge >= 0.3 is 0 Å². The highest BCUT2D eigenvalue weighted by atomic mass is 35.5. The summed E-state index contributed by atoms with van der Waals surface area (Å²) in [5.41, 5.74) is 3.63. The summed E-state index contributed by atoms with van der Waals surface area (Å²) in [4.78, 5) is 4.36. The molecule has 3 rings (SSSR count). The van der Waals surface area contributed by atoms with Gasteiger partial charge in [0.15, 0.2) is 0 Å². The number of hydrogen-bond acceptors (Lipinski definition) is 3. The van der Waals surface area contributed by atoms with Crippen molar-refractivity contribution < 1.29 is 0 Å². The molecule has 3 nitrogen and oxygen atoms in total. The number of aliphatic imine (C=N–C) groups is 1. The average Bonchev–Trinajstić information content (AvgIpc) is 2.45. The van der Waals surface area contributed by atoms with E-state index in [0.717, 1.165) is 22.5 Å². The third kappa shape index (κ3) is 2.13. The average molecular weight is 306 g/mol. The van der Waals surface area contributed by atoms with E-state index in [1.165, 1.54) is 10.8 Å². The maximum atomic E-state index is 6.75. The quantitative estimate of drug-likeness (QED) is 0.499. The predicted octanol–water partition coefficient (Wildman–Crippen LogP) is 4.59. The van der Waals surface area contributed by atoms with Gasteiger partial charge in [-0.05, 0) is 24.6 Å². The van der Waals surface area contributed by atoms with Gasteiger partial charge in [-0.3, -0.25) is 0 Å². The number of hydrogen-bond donors (Lipinski definition) is 1. The molecule has 0 saturated heterocycles. The Kier molecular flexibility index (Phi) is 3.32. The first-order valence-corrected chi connectivity index (χ1v) is 6.94. The van der Waals surface area contributed by atoms with Crippen molar-refractivity contribution in [2.75, 3.05) is 5.32 Å². The number of nitrogens with one attached hydrogen (secondary N) is 1. The minimum Gasteiger partial charge on any atom is -0.345 e. The van der Waals surface area contributed by atoms with Crippen molar-refractivity contribution in [3.05, 3.63) is 59.7 Å². The zero-order valence-corrected chi connectivity index (χ0v) is 12.4. The Labute approximate surface area is 128 Å². The number of anilines is 1.